The summed E-state index contributed by atoms with van der Waals surface area (Å²) in [5.74, 6) is -0.0444. The van der Waals surface area contributed by atoms with E-state index in [-0.39, 0.29) is 5.91 Å². The maximum atomic E-state index is 12.4. The minimum atomic E-state index is -0.686. The Balaban J connectivity index is 2.10. The second-order valence-corrected chi connectivity index (χ2v) is 4.77. The molecule has 0 aromatic heterocycles. The van der Waals surface area contributed by atoms with Gasteiger partial charge in [0.1, 0.15) is 5.60 Å². The molecule has 1 fully saturated rings. The van der Waals surface area contributed by atoms with E-state index in [1.807, 2.05) is 31.2 Å². The van der Waals surface area contributed by atoms with Crippen molar-refractivity contribution in [3.8, 4) is 0 Å². The Morgan fingerprint density at radius 2 is 2.11 bits per heavy atom. The van der Waals surface area contributed by atoms with E-state index in [9.17, 15) is 4.79 Å². The monoisotopic (exact) mass is 248 g/mol. The lowest BCUT2D eigenvalue weighted by atomic mass is 9.91. The first-order chi connectivity index (χ1) is 8.66. The van der Waals surface area contributed by atoms with E-state index in [1.165, 1.54) is 0 Å². The fourth-order valence-electron chi connectivity index (χ4n) is 2.32. The van der Waals surface area contributed by atoms with Crippen molar-refractivity contribution in [2.45, 2.75) is 25.4 Å². The van der Waals surface area contributed by atoms with Gasteiger partial charge in [-0.3, -0.25) is 4.79 Å². The van der Waals surface area contributed by atoms with Crippen LogP contribution in [0.25, 0.3) is 0 Å². The van der Waals surface area contributed by atoms with Crippen molar-refractivity contribution < 1.29 is 9.53 Å². The summed E-state index contributed by atoms with van der Waals surface area (Å²) in [6.45, 7) is 3.64. The Morgan fingerprint density at radius 3 is 2.72 bits per heavy atom. The maximum Gasteiger partial charge on any atom is 0.256 e. The van der Waals surface area contributed by atoms with Crippen LogP contribution in [0.5, 0.6) is 0 Å². The predicted octanol–water partition coefficient (Wildman–Crippen LogP) is 1.70. The third-order valence-electron chi connectivity index (χ3n) is 3.49. The number of piperidine rings is 1. The zero-order chi connectivity index (χ0) is 13.0. The Morgan fingerprint density at radius 1 is 1.39 bits per heavy atom. The second-order valence-electron chi connectivity index (χ2n) is 4.77. The van der Waals surface area contributed by atoms with Crippen LogP contribution in [-0.2, 0) is 9.53 Å². The minimum Gasteiger partial charge on any atom is -0.368 e. The first-order valence-electron chi connectivity index (χ1n) is 6.30. The summed E-state index contributed by atoms with van der Waals surface area (Å²) in [7, 11) is 1.61. The second kappa shape index (κ2) is 5.50. The molecular formula is C14H20N2O2. The molecule has 1 aliphatic rings. The van der Waals surface area contributed by atoms with Crippen LogP contribution in [0.15, 0.2) is 24.3 Å². The van der Waals surface area contributed by atoms with Crippen LogP contribution in [0.4, 0.5) is 5.69 Å². The van der Waals surface area contributed by atoms with Crippen LogP contribution in [-0.4, -0.2) is 31.7 Å². The van der Waals surface area contributed by atoms with Gasteiger partial charge in [0.15, 0.2) is 0 Å². The molecule has 98 valence electrons. The topological polar surface area (TPSA) is 50.4 Å². The summed E-state index contributed by atoms with van der Waals surface area (Å²) in [6.07, 6.45) is 1.42. The van der Waals surface area contributed by atoms with Gasteiger partial charge in [-0.1, -0.05) is 12.1 Å². The van der Waals surface area contributed by atoms with Crippen molar-refractivity contribution in [1.29, 1.82) is 0 Å². The average molecular weight is 248 g/mol. The number of aryl methyl sites for hydroxylation is 1. The molecule has 0 saturated carbocycles. The molecule has 18 heavy (non-hydrogen) atoms. The molecule has 4 nitrogen and oxygen atoms in total. The molecule has 0 bridgehead atoms. The normalized spacial score (nSPS) is 18.3. The highest BCUT2D eigenvalue weighted by molar-refractivity contribution is 5.97. The van der Waals surface area contributed by atoms with Gasteiger partial charge in [-0.05, 0) is 50.6 Å². The van der Waals surface area contributed by atoms with E-state index in [4.69, 9.17) is 4.74 Å². The zero-order valence-corrected chi connectivity index (χ0v) is 11.0. The first-order valence-corrected chi connectivity index (χ1v) is 6.30. The van der Waals surface area contributed by atoms with Gasteiger partial charge in [-0.2, -0.15) is 0 Å². The highest BCUT2D eigenvalue weighted by Crippen LogP contribution is 2.24. The highest BCUT2D eigenvalue weighted by Gasteiger charge is 2.39. The van der Waals surface area contributed by atoms with Gasteiger partial charge < -0.3 is 15.4 Å². The van der Waals surface area contributed by atoms with Crippen LogP contribution in [0, 0.1) is 6.92 Å². The smallest absolute Gasteiger partial charge is 0.256 e. The molecule has 1 saturated heterocycles. The molecule has 1 aromatic rings. The van der Waals surface area contributed by atoms with Gasteiger partial charge in [-0.25, -0.2) is 0 Å². The zero-order valence-electron chi connectivity index (χ0n) is 11.0. The number of ether oxygens (including phenoxy) is 1. The number of hydrogen-bond acceptors (Lipinski definition) is 3. The molecule has 0 atom stereocenters. The molecule has 0 spiro atoms. The molecule has 2 N–H and O–H groups in total. The molecule has 1 amide bonds. The number of carbonyl (C=O) groups is 1. The first kappa shape index (κ1) is 13.1. The van der Waals surface area contributed by atoms with Gasteiger partial charge in [0.05, 0.1) is 0 Å². The van der Waals surface area contributed by atoms with Gasteiger partial charge in [-0.15, -0.1) is 0 Å². The molecule has 2 rings (SSSR count). The molecule has 0 radical (unpaired) electrons. The number of anilines is 1. The minimum absolute atomic E-state index is 0.0444. The summed E-state index contributed by atoms with van der Waals surface area (Å²) in [5, 5.41) is 6.19. The average Bonchev–Trinajstić information content (AvgIpc) is 2.39. The Hall–Kier alpha value is -1.39. The summed E-state index contributed by atoms with van der Waals surface area (Å²) in [5.41, 5.74) is 1.27. The van der Waals surface area contributed by atoms with E-state index >= 15 is 0 Å². The Kier molecular flexibility index (Phi) is 3.99. The number of benzene rings is 1. The van der Waals surface area contributed by atoms with Crippen molar-refractivity contribution in [1.82, 2.24) is 5.32 Å². The van der Waals surface area contributed by atoms with Crippen LogP contribution in [0.1, 0.15) is 18.4 Å². The molecule has 1 aliphatic heterocycles. The largest absolute Gasteiger partial charge is 0.368 e. The number of hydrogen-bond donors (Lipinski definition) is 2. The number of methoxy groups -OCH3 is 1. The summed E-state index contributed by atoms with van der Waals surface area (Å²) >= 11 is 0. The Labute approximate surface area is 108 Å². The third-order valence-corrected chi connectivity index (χ3v) is 3.49. The number of carbonyl (C=O) groups excluding carboxylic acids is 1. The predicted molar refractivity (Wildman–Crippen MR) is 71.7 cm³/mol. The van der Waals surface area contributed by atoms with E-state index in [0.717, 1.165) is 24.3 Å². The van der Waals surface area contributed by atoms with Gasteiger partial charge in [0.25, 0.3) is 5.91 Å². The van der Waals surface area contributed by atoms with E-state index in [0.29, 0.717) is 12.8 Å². The Bertz CT molecular complexity index is 426. The van der Waals surface area contributed by atoms with Gasteiger partial charge in [0.2, 0.25) is 0 Å². The number of nitrogens with one attached hydrogen (secondary N) is 2. The lowest BCUT2D eigenvalue weighted by Crippen LogP contribution is -2.51. The van der Waals surface area contributed by atoms with Crippen LogP contribution < -0.4 is 10.6 Å². The SMILES string of the molecule is COC1(C(=O)Nc2cccc(C)c2)CCNCC1. The fourth-order valence-corrected chi connectivity index (χ4v) is 2.32. The van der Waals surface area contributed by atoms with Crippen LogP contribution in [0.2, 0.25) is 0 Å². The van der Waals surface area contributed by atoms with Gasteiger partial charge in [0, 0.05) is 12.8 Å². The summed E-state index contributed by atoms with van der Waals surface area (Å²) in [4.78, 5) is 12.4. The van der Waals surface area contributed by atoms with Crippen molar-refractivity contribution in [3.05, 3.63) is 29.8 Å². The molecule has 0 aliphatic carbocycles. The number of rotatable bonds is 3. The van der Waals surface area contributed by atoms with Crippen molar-refractivity contribution in [2.75, 3.05) is 25.5 Å². The lowest BCUT2D eigenvalue weighted by molar-refractivity contribution is -0.140. The molecule has 0 unspecified atom stereocenters. The highest BCUT2D eigenvalue weighted by atomic mass is 16.5. The quantitative estimate of drug-likeness (QED) is 0.856. The van der Waals surface area contributed by atoms with Crippen LogP contribution >= 0.6 is 0 Å². The van der Waals surface area contributed by atoms with Crippen LogP contribution in [0.3, 0.4) is 0 Å². The van der Waals surface area contributed by atoms with E-state index < -0.39 is 5.60 Å². The van der Waals surface area contributed by atoms with E-state index in [1.54, 1.807) is 7.11 Å². The number of amides is 1. The lowest BCUT2D eigenvalue weighted by Gasteiger charge is -2.34. The summed E-state index contributed by atoms with van der Waals surface area (Å²) in [6, 6.07) is 7.80. The molecule has 4 heteroatoms. The van der Waals surface area contributed by atoms with Crippen molar-refractivity contribution in [2.24, 2.45) is 0 Å². The molecule has 1 aromatic carbocycles. The fraction of sp³-hybridized carbons (Fsp3) is 0.500. The van der Waals surface area contributed by atoms with E-state index in [2.05, 4.69) is 10.6 Å². The third kappa shape index (κ3) is 2.71. The van der Waals surface area contributed by atoms with Crippen molar-refractivity contribution >= 4 is 11.6 Å². The van der Waals surface area contributed by atoms with Crippen molar-refractivity contribution in [3.63, 3.8) is 0 Å². The maximum absolute atomic E-state index is 12.4. The standard InChI is InChI=1S/C14H20N2O2/c1-11-4-3-5-12(10-11)16-13(17)14(18-2)6-8-15-9-7-14/h3-5,10,15H,6-9H2,1-2H3,(H,16,17). The van der Waals surface area contributed by atoms with Gasteiger partial charge >= 0.3 is 0 Å². The molecular weight excluding hydrogens is 228 g/mol. The summed E-state index contributed by atoms with van der Waals surface area (Å²) < 4.78 is 5.49. The molecule has 1 heterocycles.